The molecule has 3 aromatic rings. The maximum Gasteiger partial charge on any atom is 0.219 e. The van der Waals surface area contributed by atoms with Crippen LogP contribution >= 0.6 is 0 Å². The minimum absolute atomic E-state index is 0.356. The zero-order chi connectivity index (χ0) is 12.4. The van der Waals surface area contributed by atoms with E-state index in [1.54, 1.807) is 0 Å². The highest BCUT2D eigenvalue weighted by atomic mass is 19.1. The number of nitrogens with zero attached hydrogens (tertiary/aromatic N) is 1. The van der Waals surface area contributed by atoms with E-state index in [1.807, 2.05) is 60.7 Å². The topological polar surface area (TPSA) is 28.7 Å². The summed E-state index contributed by atoms with van der Waals surface area (Å²) >= 11 is 0. The van der Waals surface area contributed by atoms with Crippen molar-refractivity contribution in [2.75, 3.05) is 0 Å². The maximum absolute atomic E-state index is 13.9. The first-order valence-electron chi connectivity index (χ1n) is 5.71. The van der Waals surface area contributed by atoms with Crippen molar-refractivity contribution in [3.63, 3.8) is 0 Å². The standard InChI is InChI=1S/C15H11FN2/c16-14-13(11-7-3-1-4-8-11)17-15(18-14)12-9-5-2-6-10-12/h1-10H,(H,17,18). The summed E-state index contributed by atoms with van der Waals surface area (Å²) in [5.41, 5.74) is 2.00. The van der Waals surface area contributed by atoms with Crippen LogP contribution < -0.4 is 0 Å². The Bertz CT molecular complexity index is 645. The van der Waals surface area contributed by atoms with Crippen LogP contribution in [0.2, 0.25) is 0 Å². The second-order valence-corrected chi connectivity index (χ2v) is 3.98. The lowest BCUT2D eigenvalue weighted by Gasteiger charge is -1.95. The fraction of sp³-hybridized carbons (Fsp3) is 0. The van der Waals surface area contributed by atoms with Gasteiger partial charge in [-0.3, -0.25) is 0 Å². The Labute approximate surface area is 104 Å². The van der Waals surface area contributed by atoms with Gasteiger partial charge in [0, 0.05) is 11.1 Å². The van der Waals surface area contributed by atoms with Gasteiger partial charge in [0.1, 0.15) is 11.5 Å². The molecule has 0 bridgehead atoms. The van der Waals surface area contributed by atoms with Crippen molar-refractivity contribution in [1.29, 1.82) is 0 Å². The van der Waals surface area contributed by atoms with E-state index in [-0.39, 0.29) is 0 Å². The number of benzene rings is 2. The van der Waals surface area contributed by atoms with Gasteiger partial charge >= 0.3 is 0 Å². The molecule has 0 aliphatic heterocycles. The fourth-order valence-electron chi connectivity index (χ4n) is 1.87. The molecule has 0 radical (unpaired) electrons. The van der Waals surface area contributed by atoms with Crippen molar-refractivity contribution in [3.05, 3.63) is 66.6 Å². The molecule has 0 aliphatic rings. The molecular weight excluding hydrogens is 227 g/mol. The van der Waals surface area contributed by atoms with Crippen LogP contribution in [0.5, 0.6) is 0 Å². The summed E-state index contributed by atoms with van der Waals surface area (Å²) in [5.74, 6) is 0.145. The van der Waals surface area contributed by atoms with E-state index in [9.17, 15) is 4.39 Å². The number of rotatable bonds is 2. The Morgan fingerprint density at radius 2 is 1.33 bits per heavy atom. The molecule has 3 heteroatoms. The van der Waals surface area contributed by atoms with Gasteiger partial charge in [0.05, 0.1) is 0 Å². The van der Waals surface area contributed by atoms with E-state index in [4.69, 9.17) is 0 Å². The summed E-state index contributed by atoms with van der Waals surface area (Å²) in [6.45, 7) is 0. The second kappa shape index (κ2) is 4.45. The number of halogens is 1. The van der Waals surface area contributed by atoms with Crippen LogP contribution in [0.15, 0.2) is 60.7 Å². The Kier molecular flexibility index (Phi) is 2.65. The van der Waals surface area contributed by atoms with E-state index in [0.29, 0.717) is 11.5 Å². The summed E-state index contributed by atoms with van der Waals surface area (Å²) in [6, 6.07) is 18.8. The van der Waals surface area contributed by atoms with Crippen LogP contribution in [0.4, 0.5) is 4.39 Å². The molecule has 0 amide bonds. The highest BCUT2D eigenvalue weighted by molar-refractivity contribution is 5.64. The summed E-state index contributed by atoms with van der Waals surface area (Å²) in [6.07, 6.45) is 0. The average Bonchev–Trinajstić information content (AvgIpc) is 2.83. The average molecular weight is 238 g/mol. The summed E-state index contributed by atoms with van der Waals surface area (Å²) < 4.78 is 13.9. The minimum atomic E-state index is -0.403. The van der Waals surface area contributed by atoms with Gasteiger partial charge in [-0.1, -0.05) is 60.7 Å². The first-order chi connectivity index (χ1) is 8.84. The molecule has 18 heavy (non-hydrogen) atoms. The second-order valence-electron chi connectivity index (χ2n) is 3.98. The molecular formula is C15H11FN2. The maximum atomic E-state index is 13.9. The molecule has 0 spiro atoms. The van der Waals surface area contributed by atoms with Crippen LogP contribution in [0.1, 0.15) is 0 Å². The third-order valence-electron chi connectivity index (χ3n) is 2.75. The predicted molar refractivity (Wildman–Crippen MR) is 69.4 cm³/mol. The SMILES string of the molecule is Fc1[nH]c(-c2ccccc2)nc1-c1ccccc1. The first kappa shape index (κ1) is 10.7. The van der Waals surface area contributed by atoms with E-state index in [2.05, 4.69) is 9.97 Å². The van der Waals surface area contributed by atoms with E-state index < -0.39 is 5.95 Å². The van der Waals surface area contributed by atoms with Crippen LogP contribution in [0, 0.1) is 5.95 Å². The molecule has 2 nitrogen and oxygen atoms in total. The molecule has 0 saturated carbocycles. The Balaban J connectivity index is 2.07. The molecule has 1 N–H and O–H groups in total. The molecule has 0 unspecified atom stereocenters. The number of aromatic nitrogens is 2. The van der Waals surface area contributed by atoms with Crippen molar-refractivity contribution in [2.24, 2.45) is 0 Å². The molecule has 1 aromatic heterocycles. The number of aromatic amines is 1. The zero-order valence-corrected chi connectivity index (χ0v) is 9.60. The summed E-state index contributed by atoms with van der Waals surface area (Å²) in [5, 5.41) is 0. The molecule has 0 aliphatic carbocycles. The Morgan fingerprint density at radius 1 is 0.778 bits per heavy atom. The quantitative estimate of drug-likeness (QED) is 0.721. The van der Waals surface area contributed by atoms with Gasteiger partial charge in [0.15, 0.2) is 0 Å². The number of hydrogen-bond acceptors (Lipinski definition) is 1. The molecule has 1 heterocycles. The van der Waals surface area contributed by atoms with Crippen LogP contribution in [0.25, 0.3) is 22.6 Å². The smallest absolute Gasteiger partial charge is 0.219 e. The molecule has 2 aromatic carbocycles. The lowest BCUT2D eigenvalue weighted by molar-refractivity contribution is 0.595. The van der Waals surface area contributed by atoms with Crippen LogP contribution in [0.3, 0.4) is 0 Å². The van der Waals surface area contributed by atoms with Gasteiger partial charge in [-0.15, -0.1) is 0 Å². The molecule has 0 saturated heterocycles. The normalized spacial score (nSPS) is 10.5. The third kappa shape index (κ3) is 1.91. The highest BCUT2D eigenvalue weighted by Gasteiger charge is 2.12. The zero-order valence-electron chi connectivity index (χ0n) is 9.60. The van der Waals surface area contributed by atoms with Crippen molar-refractivity contribution < 1.29 is 4.39 Å². The lowest BCUT2D eigenvalue weighted by atomic mass is 10.2. The van der Waals surface area contributed by atoms with Crippen LogP contribution in [-0.2, 0) is 0 Å². The first-order valence-corrected chi connectivity index (χ1v) is 5.71. The molecule has 88 valence electrons. The Hall–Kier alpha value is -2.42. The number of H-pyrrole nitrogens is 1. The highest BCUT2D eigenvalue weighted by Crippen LogP contribution is 2.24. The van der Waals surface area contributed by atoms with Gasteiger partial charge in [-0.25, -0.2) is 4.98 Å². The van der Waals surface area contributed by atoms with E-state index in [0.717, 1.165) is 11.1 Å². The molecule has 0 atom stereocenters. The van der Waals surface area contributed by atoms with Crippen molar-refractivity contribution in [3.8, 4) is 22.6 Å². The lowest BCUT2D eigenvalue weighted by Crippen LogP contribution is -1.80. The van der Waals surface area contributed by atoms with Gasteiger partial charge in [-0.05, 0) is 0 Å². The van der Waals surface area contributed by atoms with Crippen LogP contribution in [-0.4, -0.2) is 9.97 Å². The summed E-state index contributed by atoms with van der Waals surface area (Å²) in [7, 11) is 0. The fourth-order valence-corrected chi connectivity index (χ4v) is 1.87. The minimum Gasteiger partial charge on any atom is -0.314 e. The number of hydrogen-bond donors (Lipinski definition) is 1. The number of nitrogens with one attached hydrogen (secondary N) is 1. The van der Waals surface area contributed by atoms with Gasteiger partial charge < -0.3 is 4.98 Å². The Morgan fingerprint density at radius 3 is 1.94 bits per heavy atom. The van der Waals surface area contributed by atoms with Gasteiger partial charge in [0.2, 0.25) is 5.95 Å². The van der Waals surface area contributed by atoms with Crippen molar-refractivity contribution in [2.45, 2.75) is 0 Å². The van der Waals surface area contributed by atoms with Crippen molar-refractivity contribution >= 4 is 0 Å². The molecule has 3 rings (SSSR count). The van der Waals surface area contributed by atoms with E-state index >= 15 is 0 Å². The third-order valence-corrected chi connectivity index (χ3v) is 2.75. The van der Waals surface area contributed by atoms with Gasteiger partial charge in [-0.2, -0.15) is 4.39 Å². The number of imidazole rings is 1. The monoisotopic (exact) mass is 238 g/mol. The van der Waals surface area contributed by atoms with Crippen molar-refractivity contribution in [1.82, 2.24) is 9.97 Å². The summed E-state index contributed by atoms with van der Waals surface area (Å²) in [4.78, 5) is 7.00. The molecule has 0 fully saturated rings. The predicted octanol–water partition coefficient (Wildman–Crippen LogP) is 3.88. The van der Waals surface area contributed by atoms with Gasteiger partial charge in [0.25, 0.3) is 0 Å². The largest absolute Gasteiger partial charge is 0.314 e. The van der Waals surface area contributed by atoms with E-state index in [1.165, 1.54) is 0 Å².